The number of hydrogen-bond donors (Lipinski definition) is 3. The fraction of sp³-hybridized carbons (Fsp3) is 0.174. The Kier molecular flexibility index (Phi) is 7.45. The van der Waals surface area contributed by atoms with Crippen LogP contribution in [0, 0.1) is 12.7 Å². The molecule has 0 aromatic heterocycles. The monoisotopic (exact) mass is 458 g/mol. The Balaban J connectivity index is 1.62. The number of carbonyl (C=O) groups is 1. The van der Waals surface area contributed by atoms with Crippen molar-refractivity contribution in [1.29, 1.82) is 0 Å². The maximum Gasteiger partial charge on any atom is 0.261 e. The number of amides is 1. The Labute approximate surface area is 185 Å². The first-order valence-electron chi connectivity index (χ1n) is 9.78. The molecule has 3 N–H and O–H groups in total. The number of carbonyl (C=O) groups excluding carboxylic acids is 1. The van der Waals surface area contributed by atoms with E-state index in [4.69, 9.17) is 4.74 Å². The van der Waals surface area contributed by atoms with Crippen molar-refractivity contribution in [1.82, 2.24) is 5.32 Å². The van der Waals surface area contributed by atoms with Gasteiger partial charge in [-0.3, -0.25) is 9.52 Å². The number of ether oxygens (including phenoxy) is 1. The molecule has 168 valence electrons. The number of para-hydroxylation sites is 1. The Morgan fingerprint density at radius 3 is 2.50 bits per heavy atom. The van der Waals surface area contributed by atoms with Crippen molar-refractivity contribution >= 4 is 21.6 Å². The molecule has 0 saturated carbocycles. The topological polar surface area (TPSA) is 105 Å². The predicted molar refractivity (Wildman–Crippen MR) is 119 cm³/mol. The average molecular weight is 459 g/mol. The standard InChI is InChI=1S/C23H23FN2O5S/c1-16-5-4-6-19(13-16)31-15-18(27)14-25-23(28)21-7-2-3-8-22(21)26-32(29,30)20-11-9-17(24)10-12-20/h2-13,18,26-27H,14-15H2,1H3,(H,25,28). The fourth-order valence-corrected chi connectivity index (χ4v) is 3.93. The Morgan fingerprint density at radius 1 is 1.06 bits per heavy atom. The molecule has 1 atom stereocenters. The molecule has 0 spiro atoms. The van der Waals surface area contributed by atoms with Crippen LogP contribution in [0.1, 0.15) is 15.9 Å². The molecular formula is C23H23FN2O5S. The summed E-state index contributed by atoms with van der Waals surface area (Å²) >= 11 is 0. The maximum absolute atomic E-state index is 13.1. The van der Waals surface area contributed by atoms with E-state index in [0.717, 1.165) is 29.8 Å². The van der Waals surface area contributed by atoms with Gasteiger partial charge in [-0.2, -0.15) is 0 Å². The van der Waals surface area contributed by atoms with Crippen molar-refractivity contribution in [2.45, 2.75) is 17.9 Å². The van der Waals surface area contributed by atoms with E-state index < -0.39 is 27.9 Å². The molecule has 0 aliphatic rings. The van der Waals surface area contributed by atoms with Crippen LogP contribution >= 0.6 is 0 Å². The summed E-state index contributed by atoms with van der Waals surface area (Å²) in [7, 11) is -4.03. The Bertz CT molecular complexity index is 1180. The van der Waals surface area contributed by atoms with E-state index in [1.54, 1.807) is 18.2 Å². The van der Waals surface area contributed by atoms with E-state index in [-0.39, 0.29) is 29.3 Å². The maximum atomic E-state index is 13.1. The van der Waals surface area contributed by atoms with Gasteiger partial charge in [0, 0.05) is 6.54 Å². The molecular weight excluding hydrogens is 435 g/mol. The predicted octanol–water partition coefficient (Wildman–Crippen LogP) is 3.10. The number of nitrogens with one attached hydrogen (secondary N) is 2. The number of aliphatic hydroxyl groups is 1. The number of aryl methyl sites for hydroxylation is 1. The highest BCUT2D eigenvalue weighted by atomic mass is 32.2. The molecule has 0 bridgehead atoms. The van der Waals surface area contributed by atoms with Gasteiger partial charge in [-0.15, -0.1) is 0 Å². The molecule has 1 unspecified atom stereocenters. The van der Waals surface area contributed by atoms with Gasteiger partial charge in [0.2, 0.25) is 0 Å². The highest BCUT2D eigenvalue weighted by molar-refractivity contribution is 7.92. The highest BCUT2D eigenvalue weighted by Crippen LogP contribution is 2.20. The third-order valence-corrected chi connectivity index (χ3v) is 5.85. The summed E-state index contributed by atoms with van der Waals surface area (Å²) in [6.45, 7) is 1.80. The molecule has 7 nitrogen and oxygen atoms in total. The third-order valence-electron chi connectivity index (χ3n) is 4.47. The molecule has 0 saturated heterocycles. The molecule has 3 rings (SSSR count). The molecule has 3 aromatic rings. The summed E-state index contributed by atoms with van der Waals surface area (Å²) in [6, 6.07) is 17.7. The number of sulfonamides is 1. The lowest BCUT2D eigenvalue weighted by Gasteiger charge is -2.15. The zero-order chi connectivity index (χ0) is 23.1. The van der Waals surface area contributed by atoms with Gasteiger partial charge in [0.1, 0.15) is 24.3 Å². The van der Waals surface area contributed by atoms with Gasteiger partial charge in [-0.1, -0.05) is 24.3 Å². The number of anilines is 1. The van der Waals surface area contributed by atoms with Crippen LogP contribution in [-0.2, 0) is 10.0 Å². The second-order valence-electron chi connectivity index (χ2n) is 7.10. The number of halogens is 1. The number of hydrogen-bond acceptors (Lipinski definition) is 5. The molecule has 0 aliphatic carbocycles. The largest absolute Gasteiger partial charge is 0.491 e. The van der Waals surface area contributed by atoms with Gasteiger partial charge in [0.15, 0.2) is 0 Å². The van der Waals surface area contributed by atoms with Gasteiger partial charge >= 0.3 is 0 Å². The molecule has 1 amide bonds. The quantitative estimate of drug-likeness (QED) is 0.457. The van der Waals surface area contributed by atoms with Gasteiger partial charge in [0.25, 0.3) is 15.9 Å². The van der Waals surface area contributed by atoms with Gasteiger partial charge in [-0.25, -0.2) is 12.8 Å². The summed E-state index contributed by atoms with van der Waals surface area (Å²) in [5.74, 6) is -0.526. The van der Waals surface area contributed by atoms with Crippen LogP contribution in [0.4, 0.5) is 10.1 Å². The molecule has 0 fully saturated rings. The van der Waals surface area contributed by atoms with E-state index in [1.165, 1.54) is 12.1 Å². The highest BCUT2D eigenvalue weighted by Gasteiger charge is 2.19. The molecule has 32 heavy (non-hydrogen) atoms. The summed E-state index contributed by atoms with van der Waals surface area (Å²) in [6.07, 6.45) is -0.970. The minimum Gasteiger partial charge on any atom is -0.491 e. The number of aliphatic hydroxyl groups excluding tert-OH is 1. The van der Waals surface area contributed by atoms with Crippen molar-refractivity contribution in [3.05, 3.63) is 89.7 Å². The molecule has 3 aromatic carbocycles. The number of benzene rings is 3. The van der Waals surface area contributed by atoms with Crippen LogP contribution in [-0.4, -0.2) is 38.7 Å². The van der Waals surface area contributed by atoms with E-state index in [0.29, 0.717) is 5.75 Å². The van der Waals surface area contributed by atoms with E-state index >= 15 is 0 Å². The zero-order valence-electron chi connectivity index (χ0n) is 17.3. The van der Waals surface area contributed by atoms with Crippen molar-refractivity contribution in [3.8, 4) is 5.75 Å². The SMILES string of the molecule is Cc1cccc(OCC(O)CNC(=O)c2ccccc2NS(=O)(=O)c2ccc(F)cc2)c1. The van der Waals surface area contributed by atoms with E-state index in [1.807, 2.05) is 25.1 Å². The average Bonchev–Trinajstić information content (AvgIpc) is 2.76. The molecule has 0 heterocycles. The van der Waals surface area contributed by atoms with Crippen molar-refractivity contribution in [3.63, 3.8) is 0 Å². The van der Waals surface area contributed by atoms with Crippen LogP contribution in [0.15, 0.2) is 77.7 Å². The molecule has 0 aliphatic heterocycles. The third kappa shape index (κ3) is 6.29. The molecule has 0 radical (unpaired) electrons. The van der Waals surface area contributed by atoms with Crippen LogP contribution in [0.3, 0.4) is 0 Å². The first kappa shape index (κ1) is 23.2. The lowest BCUT2D eigenvalue weighted by Crippen LogP contribution is -2.35. The second-order valence-corrected chi connectivity index (χ2v) is 8.78. The summed E-state index contributed by atoms with van der Waals surface area (Å²) in [4.78, 5) is 12.5. The normalized spacial score (nSPS) is 12.1. The summed E-state index contributed by atoms with van der Waals surface area (Å²) in [5, 5.41) is 12.7. The van der Waals surface area contributed by atoms with Gasteiger partial charge in [0.05, 0.1) is 16.1 Å². The van der Waals surface area contributed by atoms with Crippen molar-refractivity contribution < 1.29 is 27.4 Å². The molecule has 9 heteroatoms. The van der Waals surface area contributed by atoms with Crippen LogP contribution in [0.2, 0.25) is 0 Å². The minimum absolute atomic E-state index is 0.0252. The van der Waals surface area contributed by atoms with Crippen LogP contribution in [0.5, 0.6) is 5.75 Å². The first-order chi connectivity index (χ1) is 15.2. The first-order valence-corrected chi connectivity index (χ1v) is 11.3. The second kappa shape index (κ2) is 10.3. The van der Waals surface area contributed by atoms with E-state index in [2.05, 4.69) is 10.0 Å². The van der Waals surface area contributed by atoms with Gasteiger partial charge < -0.3 is 15.2 Å². The fourth-order valence-electron chi connectivity index (χ4n) is 2.85. The Morgan fingerprint density at radius 2 is 1.78 bits per heavy atom. The minimum atomic E-state index is -4.03. The summed E-state index contributed by atoms with van der Waals surface area (Å²) < 4.78 is 46.1. The van der Waals surface area contributed by atoms with Crippen molar-refractivity contribution in [2.75, 3.05) is 17.9 Å². The smallest absolute Gasteiger partial charge is 0.261 e. The van der Waals surface area contributed by atoms with E-state index in [9.17, 15) is 22.7 Å². The van der Waals surface area contributed by atoms with Gasteiger partial charge in [-0.05, 0) is 61.0 Å². The lowest BCUT2D eigenvalue weighted by molar-refractivity contribution is 0.0844. The van der Waals surface area contributed by atoms with Crippen LogP contribution in [0.25, 0.3) is 0 Å². The summed E-state index contributed by atoms with van der Waals surface area (Å²) in [5.41, 5.74) is 1.15. The Hall–Kier alpha value is -3.43. The zero-order valence-corrected chi connectivity index (χ0v) is 18.1. The lowest BCUT2D eigenvalue weighted by atomic mass is 10.1. The number of rotatable bonds is 9. The van der Waals surface area contributed by atoms with Crippen LogP contribution < -0.4 is 14.8 Å². The van der Waals surface area contributed by atoms with Crippen molar-refractivity contribution in [2.24, 2.45) is 0 Å².